The third-order valence-corrected chi connectivity index (χ3v) is 5.97. The molecule has 0 radical (unpaired) electrons. The summed E-state index contributed by atoms with van der Waals surface area (Å²) >= 11 is 0. The highest BCUT2D eigenvalue weighted by atomic mass is 32.2. The normalized spacial score (nSPS) is 17.3. The van der Waals surface area contributed by atoms with Gasteiger partial charge in [-0.3, -0.25) is 9.89 Å². The number of piperazine rings is 1. The van der Waals surface area contributed by atoms with Crippen molar-refractivity contribution in [3.8, 4) is 0 Å². The van der Waals surface area contributed by atoms with Crippen LogP contribution in [0.3, 0.4) is 0 Å². The molecule has 2 aromatic rings. The van der Waals surface area contributed by atoms with Crippen LogP contribution in [0.2, 0.25) is 0 Å². The van der Waals surface area contributed by atoms with E-state index < -0.39 is 15.9 Å². The zero-order chi connectivity index (χ0) is 17.5. The van der Waals surface area contributed by atoms with E-state index in [1.165, 1.54) is 15.2 Å². The highest BCUT2D eigenvalue weighted by Crippen LogP contribution is 2.20. The van der Waals surface area contributed by atoms with Gasteiger partial charge >= 0.3 is 0 Å². The lowest BCUT2D eigenvalue weighted by Crippen LogP contribution is -2.47. The Morgan fingerprint density at radius 2 is 1.88 bits per heavy atom. The number of likely N-dealkylation sites (N-methyl/N-ethyl adjacent to an activating group) is 1. The van der Waals surface area contributed by atoms with Gasteiger partial charge in [-0.15, -0.1) is 0 Å². The molecule has 2 aromatic heterocycles. The summed E-state index contributed by atoms with van der Waals surface area (Å²) in [6, 6.07) is 1.76. The monoisotopic (exact) mass is 352 g/mol. The van der Waals surface area contributed by atoms with E-state index in [9.17, 15) is 13.2 Å². The Morgan fingerprint density at radius 3 is 2.46 bits per heavy atom. The number of sulfonamides is 1. The molecule has 1 saturated heterocycles. The standard InChI is InChI=1S/C14H20N6O3S/c1-10-8-11(2)20(17-10)14(21)12-9-15-16-13(12)24(22,23)19-6-4-18(3)5-7-19/h8-9H,4-7H2,1-3H3,(H,15,16). The Balaban J connectivity index is 1.95. The Bertz CT molecular complexity index is 861. The molecule has 1 fully saturated rings. The first-order valence-corrected chi connectivity index (χ1v) is 9.04. The number of nitrogens with zero attached hydrogens (tertiary/aromatic N) is 5. The fourth-order valence-electron chi connectivity index (χ4n) is 2.73. The summed E-state index contributed by atoms with van der Waals surface area (Å²) in [5.41, 5.74) is 1.33. The van der Waals surface area contributed by atoms with Crippen LogP contribution >= 0.6 is 0 Å². The highest BCUT2D eigenvalue weighted by molar-refractivity contribution is 7.89. The minimum Gasteiger partial charge on any atom is -0.304 e. The Labute approximate surface area is 140 Å². The maximum absolute atomic E-state index is 12.9. The van der Waals surface area contributed by atoms with Gasteiger partial charge in [0, 0.05) is 31.9 Å². The third-order valence-electron chi connectivity index (χ3n) is 4.10. The Hall–Kier alpha value is -2.04. The average molecular weight is 352 g/mol. The van der Waals surface area contributed by atoms with Crippen LogP contribution in [0.15, 0.2) is 17.3 Å². The zero-order valence-corrected chi connectivity index (χ0v) is 14.7. The van der Waals surface area contributed by atoms with Crippen LogP contribution in [0.5, 0.6) is 0 Å². The van der Waals surface area contributed by atoms with Crippen molar-refractivity contribution >= 4 is 15.9 Å². The van der Waals surface area contributed by atoms with Crippen LogP contribution < -0.4 is 0 Å². The number of carbonyl (C=O) groups excluding carboxylic acids is 1. The topological polar surface area (TPSA) is 104 Å². The van der Waals surface area contributed by atoms with E-state index in [2.05, 4.69) is 20.2 Å². The molecule has 3 rings (SSSR count). The molecule has 24 heavy (non-hydrogen) atoms. The number of hydrogen-bond acceptors (Lipinski definition) is 6. The Morgan fingerprint density at radius 1 is 1.21 bits per heavy atom. The molecule has 0 bridgehead atoms. The number of aryl methyl sites for hydroxylation is 2. The van der Waals surface area contributed by atoms with Crippen LogP contribution in [0.1, 0.15) is 21.7 Å². The van der Waals surface area contributed by atoms with Crippen molar-refractivity contribution in [2.45, 2.75) is 18.9 Å². The third kappa shape index (κ3) is 2.87. The predicted octanol–water partition coefficient (Wildman–Crippen LogP) is -0.152. The number of carbonyl (C=O) groups is 1. The van der Waals surface area contributed by atoms with E-state index >= 15 is 0 Å². The van der Waals surface area contributed by atoms with E-state index in [1.807, 2.05) is 7.05 Å². The molecule has 0 aromatic carbocycles. The quantitative estimate of drug-likeness (QED) is 0.824. The average Bonchev–Trinajstić information content (AvgIpc) is 3.14. The minimum atomic E-state index is -3.81. The van der Waals surface area contributed by atoms with Crippen LogP contribution in [-0.2, 0) is 10.0 Å². The molecule has 10 heteroatoms. The summed E-state index contributed by atoms with van der Waals surface area (Å²) in [5, 5.41) is 10.2. The molecule has 0 unspecified atom stereocenters. The van der Waals surface area contributed by atoms with Gasteiger partial charge in [0.05, 0.1) is 17.5 Å². The zero-order valence-electron chi connectivity index (χ0n) is 13.9. The first kappa shape index (κ1) is 16.8. The van der Waals surface area contributed by atoms with E-state index in [4.69, 9.17) is 0 Å². The SMILES string of the molecule is Cc1cc(C)n(C(=O)c2cn[nH]c2S(=O)(=O)N2CCN(C)CC2)n1. The van der Waals surface area contributed by atoms with Gasteiger partial charge in [0.1, 0.15) is 0 Å². The smallest absolute Gasteiger partial charge is 0.283 e. The van der Waals surface area contributed by atoms with Crippen molar-refractivity contribution in [3.05, 3.63) is 29.2 Å². The lowest BCUT2D eigenvalue weighted by Gasteiger charge is -2.31. The number of H-pyrrole nitrogens is 1. The van der Waals surface area contributed by atoms with Crippen molar-refractivity contribution in [2.24, 2.45) is 0 Å². The largest absolute Gasteiger partial charge is 0.304 e. The molecular weight excluding hydrogens is 332 g/mol. The molecule has 0 atom stereocenters. The van der Waals surface area contributed by atoms with E-state index in [0.29, 0.717) is 37.6 Å². The van der Waals surface area contributed by atoms with Gasteiger partial charge in [-0.1, -0.05) is 0 Å². The maximum atomic E-state index is 12.9. The van der Waals surface area contributed by atoms with Gasteiger partial charge in [-0.25, -0.2) is 13.1 Å². The van der Waals surface area contributed by atoms with Crippen LogP contribution in [0.4, 0.5) is 0 Å². The molecule has 130 valence electrons. The maximum Gasteiger partial charge on any atom is 0.283 e. The molecule has 0 amide bonds. The van der Waals surface area contributed by atoms with E-state index in [1.54, 1.807) is 19.9 Å². The highest BCUT2D eigenvalue weighted by Gasteiger charge is 2.33. The lowest BCUT2D eigenvalue weighted by molar-refractivity contribution is 0.0938. The predicted molar refractivity (Wildman–Crippen MR) is 86.3 cm³/mol. The number of hydrogen-bond donors (Lipinski definition) is 1. The van der Waals surface area contributed by atoms with Gasteiger partial charge in [-0.2, -0.15) is 14.5 Å². The van der Waals surface area contributed by atoms with Crippen molar-refractivity contribution in [1.29, 1.82) is 0 Å². The van der Waals surface area contributed by atoms with Crippen LogP contribution in [0, 0.1) is 13.8 Å². The van der Waals surface area contributed by atoms with E-state index in [0.717, 1.165) is 0 Å². The summed E-state index contributed by atoms with van der Waals surface area (Å²) in [5.74, 6) is -0.512. The molecule has 9 nitrogen and oxygen atoms in total. The molecular formula is C14H20N6O3S. The number of aromatic amines is 1. The van der Waals surface area contributed by atoms with Gasteiger partial charge in [0.2, 0.25) is 0 Å². The first-order chi connectivity index (χ1) is 11.3. The summed E-state index contributed by atoms with van der Waals surface area (Å²) in [6.07, 6.45) is 1.24. The summed E-state index contributed by atoms with van der Waals surface area (Å²) in [7, 11) is -1.86. The lowest BCUT2D eigenvalue weighted by atomic mass is 10.3. The number of rotatable bonds is 3. The molecule has 1 N–H and O–H groups in total. The molecule has 0 spiro atoms. The molecule has 3 heterocycles. The van der Waals surface area contributed by atoms with Crippen LogP contribution in [-0.4, -0.2) is 76.7 Å². The second kappa shape index (κ2) is 6.11. The van der Waals surface area contributed by atoms with Gasteiger partial charge in [0.15, 0.2) is 5.03 Å². The second-order valence-electron chi connectivity index (χ2n) is 5.96. The summed E-state index contributed by atoms with van der Waals surface area (Å²) in [6.45, 7) is 5.57. The minimum absolute atomic E-state index is 0.000119. The number of aromatic nitrogens is 4. The van der Waals surface area contributed by atoms with Gasteiger partial charge in [-0.05, 0) is 27.0 Å². The summed E-state index contributed by atoms with van der Waals surface area (Å²) in [4.78, 5) is 14.7. The molecule has 0 saturated carbocycles. The molecule has 1 aliphatic heterocycles. The summed E-state index contributed by atoms with van der Waals surface area (Å²) < 4.78 is 28.3. The van der Waals surface area contributed by atoms with Crippen molar-refractivity contribution in [3.63, 3.8) is 0 Å². The van der Waals surface area contributed by atoms with Gasteiger partial charge < -0.3 is 4.90 Å². The van der Waals surface area contributed by atoms with Crippen LogP contribution in [0.25, 0.3) is 0 Å². The fourth-order valence-corrected chi connectivity index (χ4v) is 4.22. The number of nitrogens with one attached hydrogen (secondary N) is 1. The van der Waals surface area contributed by atoms with Crippen molar-refractivity contribution in [2.75, 3.05) is 33.2 Å². The van der Waals surface area contributed by atoms with Crippen molar-refractivity contribution < 1.29 is 13.2 Å². The molecule has 1 aliphatic rings. The molecule has 0 aliphatic carbocycles. The second-order valence-corrected chi connectivity index (χ2v) is 7.84. The Kier molecular flexibility index (Phi) is 4.28. The van der Waals surface area contributed by atoms with Crippen molar-refractivity contribution in [1.82, 2.24) is 29.2 Å². The van der Waals surface area contributed by atoms with E-state index in [-0.39, 0.29) is 10.6 Å². The first-order valence-electron chi connectivity index (χ1n) is 7.60. The fraction of sp³-hybridized carbons (Fsp3) is 0.500. The van der Waals surface area contributed by atoms with Gasteiger partial charge in [0.25, 0.3) is 15.9 Å².